The first kappa shape index (κ1) is 12.3. The Morgan fingerprint density at radius 3 is 2.80 bits per heavy atom. The Balaban J connectivity index is 2.09. The minimum absolute atomic E-state index is 0.491. The molecule has 4 heteroatoms. The smallest absolute Gasteiger partial charge is 0.191 e. The van der Waals surface area contributed by atoms with Crippen LogP contribution in [0.3, 0.4) is 0 Å². The predicted octanol–water partition coefficient (Wildman–Crippen LogP) is 0.656. The summed E-state index contributed by atoms with van der Waals surface area (Å²) in [5, 5.41) is 6.63. The molecule has 0 fully saturated rings. The van der Waals surface area contributed by atoms with Crippen molar-refractivity contribution in [2.75, 3.05) is 32.7 Å². The lowest BCUT2D eigenvalue weighted by Gasteiger charge is -2.19. The number of rotatable bonds is 6. The number of hydrogen-bond donors (Lipinski definition) is 2. The van der Waals surface area contributed by atoms with Crippen LogP contribution in [0.25, 0.3) is 0 Å². The molecule has 0 aliphatic carbocycles. The Morgan fingerprint density at radius 1 is 1.47 bits per heavy atom. The van der Waals surface area contributed by atoms with Crippen molar-refractivity contribution in [3.63, 3.8) is 0 Å². The maximum Gasteiger partial charge on any atom is 0.191 e. The first-order chi connectivity index (χ1) is 7.26. The van der Waals surface area contributed by atoms with Gasteiger partial charge in [-0.3, -0.25) is 4.99 Å². The van der Waals surface area contributed by atoms with Crippen molar-refractivity contribution in [2.24, 2.45) is 4.99 Å². The monoisotopic (exact) mass is 212 g/mol. The Labute approximate surface area is 93.1 Å². The van der Waals surface area contributed by atoms with Gasteiger partial charge in [-0.05, 0) is 26.4 Å². The van der Waals surface area contributed by atoms with Crippen LogP contribution in [0.1, 0.15) is 27.2 Å². The van der Waals surface area contributed by atoms with Gasteiger partial charge in [0.05, 0.1) is 6.54 Å². The fraction of sp³-hybridized carbons (Fsp3) is 0.909. The average molecular weight is 212 g/mol. The van der Waals surface area contributed by atoms with Crippen LogP contribution >= 0.6 is 0 Å². The van der Waals surface area contributed by atoms with E-state index in [4.69, 9.17) is 0 Å². The van der Waals surface area contributed by atoms with E-state index in [9.17, 15) is 0 Å². The highest BCUT2D eigenvalue weighted by Gasteiger charge is 2.11. The summed E-state index contributed by atoms with van der Waals surface area (Å²) in [6.45, 7) is 11.9. The fourth-order valence-corrected chi connectivity index (χ4v) is 1.74. The second kappa shape index (κ2) is 6.67. The third kappa shape index (κ3) is 4.51. The highest BCUT2D eigenvalue weighted by atomic mass is 15.2. The highest BCUT2D eigenvalue weighted by molar-refractivity contribution is 5.81. The van der Waals surface area contributed by atoms with Crippen molar-refractivity contribution < 1.29 is 0 Å². The van der Waals surface area contributed by atoms with Gasteiger partial charge in [-0.25, -0.2) is 0 Å². The molecule has 0 bridgehead atoms. The molecular formula is C11H24N4. The van der Waals surface area contributed by atoms with Gasteiger partial charge in [0.1, 0.15) is 0 Å². The van der Waals surface area contributed by atoms with Crippen LogP contribution in [-0.2, 0) is 0 Å². The van der Waals surface area contributed by atoms with Gasteiger partial charge in [0.25, 0.3) is 0 Å². The zero-order valence-electron chi connectivity index (χ0n) is 10.2. The topological polar surface area (TPSA) is 39.7 Å². The summed E-state index contributed by atoms with van der Waals surface area (Å²) in [6.07, 6.45) is 1.23. The Kier molecular flexibility index (Phi) is 5.47. The Morgan fingerprint density at radius 2 is 2.27 bits per heavy atom. The largest absolute Gasteiger partial charge is 0.355 e. The van der Waals surface area contributed by atoms with E-state index in [1.807, 2.05) is 0 Å². The average Bonchev–Trinajstić information content (AvgIpc) is 2.63. The van der Waals surface area contributed by atoms with E-state index in [0.717, 1.165) is 32.1 Å². The third-order valence-electron chi connectivity index (χ3n) is 2.61. The van der Waals surface area contributed by atoms with Crippen molar-refractivity contribution >= 4 is 5.96 Å². The molecule has 0 spiro atoms. The van der Waals surface area contributed by atoms with Gasteiger partial charge in [-0.15, -0.1) is 0 Å². The number of aliphatic imine (C=N–C) groups is 1. The van der Waals surface area contributed by atoms with Crippen molar-refractivity contribution in [3.8, 4) is 0 Å². The van der Waals surface area contributed by atoms with E-state index in [-0.39, 0.29) is 0 Å². The van der Waals surface area contributed by atoms with Gasteiger partial charge < -0.3 is 15.5 Å². The summed E-state index contributed by atoms with van der Waals surface area (Å²) in [4.78, 5) is 6.81. The van der Waals surface area contributed by atoms with Gasteiger partial charge in [-0.1, -0.05) is 13.8 Å². The minimum Gasteiger partial charge on any atom is -0.355 e. The van der Waals surface area contributed by atoms with Gasteiger partial charge in [0.2, 0.25) is 0 Å². The van der Waals surface area contributed by atoms with E-state index < -0.39 is 0 Å². The molecule has 1 atom stereocenters. The number of likely N-dealkylation sites (N-methyl/N-ethyl adjacent to an activating group) is 1. The van der Waals surface area contributed by atoms with Gasteiger partial charge in [0, 0.05) is 19.1 Å². The van der Waals surface area contributed by atoms with E-state index in [1.54, 1.807) is 0 Å². The lowest BCUT2D eigenvalue weighted by atomic mass is 10.4. The molecule has 1 heterocycles. The molecule has 1 aliphatic heterocycles. The molecule has 1 aliphatic rings. The maximum atomic E-state index is 4.36. The summed E-state index contributed by atoms with van der Waals surface area (Å²) in [5.41, 5.74) is 0. The van der Waals surface area contributed by atoms with Crippen LogP contribution in [0, 0.1) is 0 Å². The van der Waals surface area contributed by atoms with Crippen LogP contribution in [0.15, 0.2) is 4.99 Å². The molecule has 0 amide bonds. The standard InChI is InChI=1S/C11H24N4/c1-4-7-15(5-2)8-6-12-11-13-9-10(3)14-11/h10H,4-9H2,1-3H3,(H2,12,13,14). The summed E-state index contributed by atoms with van der Waals surface area (Å²) < 4.78 is 0. The van der Waals surface area contributed by atoms with Crippen LogP contribution < -0.4 is 10.6 Å². The van der Waals surface area contributed by atoms with Gasteiger partial charge in [-0.2, -0.15) is 0 Å². The van der Waals surface area contributed by atoms with Crippen LogP contribution in [0.2, 0.25) is 0 Å². The summed E-state index contributed by atoms with van der Waals surface area (Å²) in [6, 6.07) is 0.491. The lowest BCUT2D eigenvalue weighted by molar-refractivity contribution is 0.293. The molecule has 15 heavy (non-hydrogen) atoms. The second-order valence-electron chi connectivity index (χ2n) is 4.10. The highest BCUT2D eigenvalue weighted by Crippen LogP contribution is 1.92. The van der Waals surface area contributed by atoms with E-state index in [1.165, 1.54) is 13.0 Å². The summed E-state index contributed by atoms with van der Waals surface area (Å²) in [7, 11) is 0. The third-order valence-corrected chi connectivity index (χ3v) is 2.61. The normalized spacial score (nSPS) is 20.3. The van der Waals surface area contributed by atoms with Crippen molar-refractivity contribution in [1.82, 2.24) is 15.5 Å². The van der Waals surface area contributed by atoms with Gasteiger partial charge in [0.15, 0.2) is 5.96 Å². The molecule has 0 radical (unpaired) electrons. The lowest BCUT2D eigenvalue weighted by Crippen LogP contribution is -2.41. The predicted molar refractivity (Wildman–Crippen MR) is 65.3 cm³/mol. The molecular weight excluding hydrogens is 188 g/mol. The number of nitrogens with zero attached hydrogens (tertiary/aromatic N) is 2. The van der Waals surface area contributed by atoms with E-state index in [0.29, 0.717) is 6.04 Å². The zero-order valence-corrected chi connectivity index (χ0v) is 10.2. The Hall–Kier alpha value is -0.770. The minimum atomic E-state index is 0.491. The molecule has 4 nitrogen and oxygen atoms in total. The number of hydrogen-bond acceptors (Lipinski definition) is 4. The van der Waals surface area contributed by atoms with Gasteiger partial charge >= 0.3 is 0 Å². The molecule has 88 valence electrons. The van der Waals surface area contributed by atoms with E-state index in [2.05, 4.69) is 41.3 Å². The zero-order chi connectivity index (χ0) is 11.1. The molecule has 0 aromatic carbocycles. The maximum absolute atomic E-state index is 4.36. The van der Waals surface area contributed by atoms with E-state index >= 15 is 0 Å². The first-order valence-electron chi connectivity index (χ1n) is 6.03. The molecule has 2 N–H and O–H groups in total. The van der Waals surface area contributed by atoms with Crippen LogP contribution in [0.5, 0.6) is 0 Å². The summed E-state index contributed by atoms with van der Waals surface area (Å²) >= 11 is 0. The number of guanidine groups is 1. The van der Waals surface area contributed by atoms with Crippen LogP contribution in [0.4, 0.5) is 0 Å². The Bertz CT molecular complexity index is 203. The van der Waals surface area contributed by atoms with Crippen molar-refractivity contribution in [1.29, 1.82) is 0 Å². The molecule has 1 unspecified atom stereocenters. The second-order valence-corrected chi connectivity index (χ2v) is 4.10. The fourth-order valence-electron chi connectivity index (χ4n) is 1.74. The molecule has 0 saturated heterocycles. The molecule has 0 aromatic rings. The van der Waals surface area contributed by atoms with Crippen molar-refractivity contribution in [2.45, 2.75) is 33.2 Å². The quantitative estimate of drug-likeness (QED) is 0.679. The first-order valence-corrected chi connectivity index (χ1v) is 6.03. The molecule has 0 saturated carbocycles. The SMILES string of the molecule is CCCN(CC)CCNC1=NCC(C)N1. The van der Waals surface area contributed by atoms with Crippen LogP contribution in [-0.4, -0.2) is 49.6 Å². The molecule has 0 aromatic heterocycles. The number of nitrogens with one attached hydrogen (secondary N) is 2. The molecule has 1 rings (SSSR count). The van der Waals surface area contributed by atoms with Crippen molar-refractivity contribution in [3.05, 3.63) is 0 Å². The summed E-state index contributed by atoms with van der Waals surface area (Å²) in [5.74, 6) is 0.968.